The average Bonchev–Trinajstić information content (AvgIpc) is 2.60. The summed E-state index contributed by atoms with van der Waals surface area (Å²) in [5, 5.41) is 13.6. The molecule has 0 aliphatic carbocycles. The topological polar surface area (TPSA) is 77.0 Å². The summed E-state index contributed by atoms with van der Waals surface area (Å²) < 4.78 is 1.65. The second-order valence-corrected chi connectivity index (χ2v) is 3.21. The van der Waals surface area contributed by atoms with Crippen LogP contribution < -0.4 is 5.73 Å². The number of benzene rings is 1. The smallest absolute Gasteiger partial charge is 0.164 e. The third kappa shape index (κ3) is 1.82. The predicted octanol–water partition coefficient (Wildman–Crippen LogP) is 0.740. The number of rotatable bonds is 2. The van der Waals surface area contributed by atoms with Gasteiger partial charge in [-0.05, 0) is 19.1 Å². The zero-order valence-corrected chi connectivity index (χ0v) is 8.38. The molecule has 78 valence electrons. The molecule has 3 N–H and O–H groups in total. The van der Waals surface area contributed by atoms with Crippen LogP contribution in [0.1, 0.15) is 11.6 Å². The Morgan fingerprint density at radius 3 is 2.87 bits per heavy atom. The van der Waals surface area contributed by atoms with Crippen LogP contribution in [-0.4, -0.2) is 19.9 Å². The largest absolute Gasteiger partial charge is 0.508 e. The minimum absolute atomic E-state index is 0.205. The number of hydrogen-bond donors (Lipinski definition) is 2. The van der Waals surface area contributed by atoms with E-state index in [1.54, 1.807) is 22.9 Å². The van der Waals surface area contributed by atoms with Gasteiger partial charge in [0, 0.05) is 6.07 Å². The second-order valence-electron chi connectivity index (χ2n) is 3.21. The Morgan fingerprint density at radius 1 is 1.47 bits per heavy atom. The maximum Gasteiger partial charge on any atom is 0.164 e. The van der Waals surface area contributed by atoms with E-state index in [4.69, 9.17) is 5.73 Å². The normalized spacial score (nSPS) is 10.5. The van der Waals surface area contributed by atoms with E-state index in [0.29, 0.717) is 12.4 Å². The highest BCUT2D eigenvalue weighted by Crippen LogP contribution is 2.15. The summed E-state index contributed by atoms with van der Waals surface area (Å²) in [6, 6.07) is 6.84. The van der Waals surface area contributed by atoms with Crippen molar-refractivity contribution >= 4 is 0 Å². The maximum atomic E-state index is 9.34. The van der Waals surface area contributed by atoms with Gasteiger partial charge in [-0.2, -0.15) is 0 Å². The SMILES string of the molecule is Cc1nc(CN)nn1-c1cccc(O)c1. The van der Waals surface area contributed by atoms with Gasteiger partial charge in [-0.25, -0.2) is 9.67 Å². The minimum Gasteiger partial charge on any atom is -0.508 e. The Kier molecular flexibility index (Phi) is 2.39. The van der Waals surface area contributed by atoms with Gasteiger partial charge in [0.2, 0.25) is 0 Å². The highest BCUT2D eigenvalue weighted by Gasteiger charge is 2.06. The number of nitrogens with two attached hydrogens (primary N) is 1. The van der Waals surface area contributed by atoms with Crippen LogP contribution >= 0.6 is 0 Å². The van der Waals surface area contributed by atoms with Crippen molar-refractivity contribution < 1.29 is 5.11 Å². The van der Waals surface area contributed by atoms with E-state index in [2.05, 4.69) is 10.1 Å². The van der Waals surface area contributed by atoms with Crippen LogP contribution in [0.3, 0.4) is 0 Å². The lowest BCUT2D eigenvalue weighted by Crippen LogP contribution is -2.01. The van der Waals surface area contributed by atoms with Crippen LogP contribution in [0, 0.1) is 6.92 Å². The first-order valence-corrected chi connectivity index (χ1v) is 4.62. The minimum atomic E-state index is 0.205. The lowest BCUT2D eigenvalue weighted by molar-refractivity contribution is 0.474. The van der Waals surface area contributed by atoms with Gasteiger partial charge in [0.05, 0.1) is 12.2 Å². The van der Waals surface area contributed by atoms with Crippen molar-refractivity contribution in [3.8, 4) is 11.4 Å². The highest BCUT2D eigenvalue weighted by molar-refractivity contribution is 5.38. The first-order valence-electron chi connectivity index (χ1n) is 4.62. The van der Waals surface area contributed by atoms with Gasteiger partial charge in [0.25, 0.3) is 0 Å². The number of aromatic hydroxyl groups is 1. The first kappa shape index (κ1) is 9.67. The summed E-state index contributed by atoms with van der Waals surface area (Å²) in [5.41, 5.74) is 6.23. The summed E-state index contributed by atoms with van der Waals surface area (Å²) in [4.78, 5) is 4.18. The first-order chi connectivity index (χ1) is 7.20. The monoisotopic (exact) mass is 204 g/mol. The van der Waals surface area contributed by atoms with E-state index in [0.717, 1.165) is 11.5 Å². The Morgan fingerprint density at radius 2 is 2.27 bits per heavy atom. The van der Waals surface area contributed by atoms with Gasteiger partial charge < -0.3 is 10.8 Å². The molecule has 0 saturated carbocycles. The quantitative estimate of drug-likeness (QED) is 0.756. The molecule has 0 unspecified atom stereocenters. The van der Waals surface area contributed by atoms with Crippen molar-refractivity contribution in [3.05, 3.63) is 35.9 Å². The molecule has 0 amide bonds. The number of aromatic nitrogens is 3. The molecule has 1 aromatic carbocycles. The molecule has 15 heavy (non-hydrogen) atoms. The lowest BCUT2D eigenvalue weighted by Gasteiger charge is -2.02. The fourth-order valence-electron chi connectivity index (χ4n) is 1.40. The van der Waals surface area contributed by atoms with Crippen molar-refractivity contribution in [1.29, 1.82) is 0 Å². The second kappa shape index (κ2) is 3.70. The van der Waals surface area contributed by atoms with Gasteiger partial charge in [-0.3, -0.25) is 0 Å². The summed E-state index contributed by atoms with van der Waals surface area (Å²) >= 11 is 0. The molecule has 5 nitrogen and oxygen atoms in total. The molecular weight excluding hydrogens is 192 g/mol. The molecule has 0 aliphatic heterocycles. The molecule has 2 rings (SSSR count). The van der Waals surface area contributed by atoms with Crippen molar-refractivity contribution in [2.75, 3.05) is 0 Å². The molecular formula is C10H12N4O. The predicted molar refractivity (Wildman–Crippen MR) is 55.7 cm³/mol. The summed E-state index contributed by atoms with van der Waals surface area (Å²) in [5.74, 6) is 1.55. The van der Waals surface area contributed by atoms with Gasteiger partial charge in [0.1, 0.15) is 11.6 Å². The molecule has 2 aromatic rings. The molecule has 1 heterocycles. The Balaban J connectivity index is 2.48. The van der Waals surface area contributed by atoms with Crippen LogP contribution in [0.15, 0.2) is 24.3 Å². The van der Waals surface area contributed by atoms with Crippen LogP contribution in [0.5, 0.6) is 5.75 Å². The Bertz CT molecular complexity index is 478. The number of aryl methyl sites for hydroxylation is 1. The van der Waals surface area contributed by atoms with E-state index in [9.17, 15) is 5.11 Å². The van der Waals surface area contributed by atoms with E-state index < -0.39 is 0 Å². The van der Waals surface area contributed by atoms with Crippen molar-refractivity contribution in [1.82, 2.24) is 14.8 Å². The number of phenolic OH excluding ortho intramolecular Hbond substituents is 1. The van der Waals surface area contributed by atoms with E-state index in [1.165, 1.54) is 0 Å². The molecule has 0 aliphatic rings. The van der Waals surface area contributed by atoms with Gasteiger partial charge in [-0.15, -0.1) is 5.10 Å². The molecule has 0 atom stereocenters. The maximum absolute atomic E-state index is 9.34. The van der Waals surface area contributed by atoms with E-state index in [1.807, 2.05) is 13.0 Å². The molecule has 0 radical (unpaired) electrons. The molecule has 0 saturated heterocycles. The Labute approximate surface area is 87.2 Å². The van der Waals surface area contributed by atoms with Crippen LogP contribution in [0.25, 0.3) is 5.69 Å². The fourth-order valence-corrected chi connectivity index (χ4v) is 1.40. The lowest BCUT2D eigenvalue weighted by atomic mass is 10.3. The zero-order chi connectivity index (χ0) is 10.8. The number of nitrogens with zero attached hydrogens (tertiary/aromatic N) is 3. The van der Waals surface area contributed by atoms with Crippen LogP contribution in [0.2, 0.25) is 0 Å². The summed E-state index contributed by atoms with van der Waals surface area (Å²) in [7, 11) is 0. The molecule has 5 heteroatoms. The zero-order valence-electron chi connectivity index (χ0n) is 8.38. The number of phenols is 1. The summed E-state index contributed by atoms with van der Waals surface area (Å²) in [6.07, 6.45) is 0. The van der Waals surface area contributed by atoms with Gasteiger partial charge in [0.15, 0.2) is 5.82 Å². The fraction of sp³-hybridized carbons (Fsp3) is 0.200. The van der Waals surface area contributed by atoms with Crippen LogP contribution in [-0.2, 0) is 6.54 Å². The third-order valence-electron chi connectivity index (χ3n) is 2.07. The molecule has 0 fully saturated rings. The van der Waals surface area contributed by atoms with Crippen LogP contribution in [0.4, 0.5) is 0 Å². The number of hydrogen-bond acceptors (Lipinski definition) is 4. The summed E-state index contributed by atoms with van der Waals surface area (Å²) in [6.45, 7) is 2.16. The van der Waals surface area contributed by atoms with Crippen molar-refractivity contribution in [3.63, 3.8) is 0 Å². The third-order valence-corrected chi connectivity index (χ3v) is 2.07. The van der Waals surface area contributed by atoms with E-state index >= 15 is 0 Å². The van der Waals surface area contributed by atoms with Gasteiger partial charge in [-0.1, -0.05) is 6.07 Å². The molecule has 0 spiro atoms. The standard InChI is InChI=1S/C10H12N4O/c1-7-12-10(6-11)13-14(7)8-3-2-4-9(15)5-8/h2-5,15H,6,11H2,1H3. The van der Waals surface area contributed by atoms with Crippen molar-refractivity contribution in [2.45, 2.75) is 13.5 Å². The molecule has 0 bridgehead atoms. The highest BCUT2D eigenvalue weighted by atomic mass is 16.3. The average molecular weight is 204 g/mol. The Hall–Kier alpha value is -1.88. The molecule has 1 aromatic heterocycles. The van der Waals surface area contributed by atoms with Gasteiger partial charge >= 0.3 is 0 Å². The van der Waals surface area contributed by atoms with Crippen molar-refractivity contribution in [2.24, 2.45) is 5.73 Å². The van der Waals surface area contributed by atoms with E-state index in [-0.39, 0.29) is 5.75 Å².